The van der Waals surface area contributed by atoms with Crippen molar-refractivity contribution in [2.75, 3.05) is 0 Å². The highest BCUT2D eigenvalue weighted by atomic mass is 15.1. The Kier molecular flexibility index (Phi) is 11.1. The van der Waals surface area contributed by atoms with Crippen LogP contribution in [0.4, 0.5) is 0 Å². The van der Waals surface area contributed by atoms with Crippen molar-refractivity contribution >= 4 is 0 Å². The number of aryl methyl sites for hydroxylation is 1. The second kappa shape index (κ2) is 12.6. The van der Waals surface area contributed by atoms with Gasteiger partial charge in [-0.1, -0.05) is 84.5 Å². The monoisotopic (exact) mass is 321 g/mol. The van der Waals surface area contributed by atoms with Crippen molar-refractivity contribution < 1.29 is 4.57 Å². The lowest BCUT2D eigenvalue weighted by Gasteiger charge is -2.14. The van der Waals surface area contributed by atoms with Crippen molar-refractivity contribution in [2.24, 2.45) is 7.05 Å². The third kappa shape index (κ3) is 8.04. The number of aromatic amines is 1. The molecule has 1 unspecified atom stereocenters. The summed E-state index contributed by atoms with van der Waals surface area (Å²) in [7, 11) is 2.21. The van der Waals surface area contributed by atoms with Gasteiger partial charge in [-0.2, -0.15) is 0 Å². The summed E-state index contributed by atoms with van der Waals surface area (Å²) in [6.07, 6.45) is 20.4. The molecule has 2 nitrogen and oxygen atoms in total. The van der Waals surface area contributed by atoms with Gasteiger partial charge in [0.25, 0.3) is 5.82 Å². The molecule has 2 heteroatoms. The molecule has 0 aliphatic carbocycles. The van der Waals surface area contributed by atoms with E-state index in [1.54, 1.807) is 0 Å². The zero-order valence-corrected chi connectivity index (χ0v) is 16.3. The molecule has 0 aromatic carbocycles. The van der Waals surface area contributed by atoms with E-state index in [9.17, 15) is 0 Å². The Hall–Kier alpha value is -0.790. The predicted molar refractivity (Wildman–Crippen MR) is 101 cm³/mol. The van der Waals surface area contributed by atoms with Crippen molar-refractivity contribution in [2.45, 2.75) is 110 Å². The number of nitrogens with zero attached hydrogens (tertiary/aromatic N) is 1. The standard InChI is InChI=1S/C21H40N2/c1-5-7-9-11-12-13-15-17-20(16-14-10-8-6-2)21-18-22-19(3)23(21)4/h18,20H,5-17H2,1-4H3/p+1. The molecule has 23 heavy (non-hydrogen) atoms. The third-order valence-electron chi connectivity index (χ3n) is 5.30. The summed E-state index contributed by atoms with van der Waals surface area (Å²) >= 11 is 0. The van der Waals surface area contributed by atoms with Gasteiger partial charge >= 0.3 is 0 Å². The molecule has 0 radical (unpaired) electrons. The fourth-order valence-electron chi connectivity index (χ4n) is 3.56. The van der Waals surface area contributed by atoms with E-state index >= 15 is 0 Å². The predicted octanol–water partition coefficient (Wildman–Crippen LogP) is 6.34. The first-order valence-electron chi connectivity index (χ1n) is 10.2. The van der Waals surface area contributed by atoms with Crippen LogP contribution in [0.1, 0.15) is 115 Å². The van der Waals surface area contributed by atoms with E-state index < -0.39 is 0 Å². The summed E-state index contributed by atoms with van der Waals surface area (Å²) < 4.78 is 2.37. The fraction of sp³-hybridized carbons (Fsp3) is 0.857. The van der Waals surface area contributed by atoms with Crippen LogP contribution in [0.3, 0.4) is 0 Å². The molecule has 1 aromatic rings. The van der Waals surface area contributed by atoms with Crippen molar-refractivity contribution in [3.63, 3.8) is 0 Å². The van der Waals surface area contributed by atoms with Crippen LogP contribution in [-0.4, -0.2) is 4.98 Å². The SMILES string of the molecule is CCCCCCCCCC(CCCCCC)c1c[nH]c(C)[n+]1C. The van der Waals surface area contributed by atoms with E-state index in [0.29, 0.717) is 0 Å². The van der Waals surface area contributed by atoms with E-state index in [2.05, 4.69) is 43.6 Å². The quantitative estimate of drug-likeness (QED) is 0.304. The molecule has 1 heterocycles. The minimum atomic E-state index is 0.748. The average molecular weight is 322 g/mol. The molecule has 0 amide bonds. The summed E-state index contributed by atoms with van der Waals surface area (Å²) in [4.78, 5) is 3.41. The maximum absolute atomic E-state index is 3.41. The van der Waals surface area contributed by atoms with Crippen LogP contribution in [0.25, 0.3) is 0 Å². The molecule has 0 fully saturated rings. The highest BCUT2D eigenvalue weighted by molar-refractivity contribution is 4.99. The second-order valence-corrected chi connectivity index (χ2v) is 7.31. The Morgan fingerprint density at radius 3 is 1.78 bits per heavy atom. The molecular formula is C21H41N2+. The topological polar surface area (TPSA) is 19.7 Å². The van der Waals surface area contributed by atoms with E-state index in [0.717, 1.165) is 5.92 Å². The van der Waals surface area contributed by atoms with Gasteiger partial charge in [-0.3, -0.25) is 0 Å². The summed E-state index contributed by atoms with van der Waals surface area (Å²) in [5.41, 5.74) is 1.52. The lowest BCUT2D eigenvalue weighted by Crippen LogP contribution is -2.35. The molecule has 1 N–H and O–H groups in total. The molecule has 0 spiro atoms. The molecular weight excluding hydrogens is 280 g/mol. The number of nitrogens with one attached hydrogen (secondary N) is 1. The summed E-state index contributed by atoms with van der Waals surface area (Å²) in [6.45, 7) is 6.76. The number of hydrogen-bond donors (Lipinski definition) is 1. The highest BCUT2D eigenvalue weighted by Gasteiger charge is 2.20. The van der Waals surface area contributed by atoms with Gasteiger partial charge < -0.3 is 0 Å². The zero-order chi connectivity index (χ0) is 16.9. The molecule has 0 saturated carbocycles. The maximum atomic E-state index is 3.41. The average Bonchev–Trinajstić information content (AvgIpc) is 2.88. The van der Waals surface area contributed by atoms with Gasteiger partial charge in [0.1, 0.15) is 11.9 Å². The molecule has 0 saturated heterocycles. The van der Waals surface area contributed by atoms with Crippen molar-refractivity contribution in [3.05, 3.63) is 17.7 Å². The normalized spacial score (nSPS) is 12.7. The Morgan fingerprint density at radius 1 is 0.826 bits per heavy atom. The molecule has 0 bridgehead atoms. The van der Waals surface area contributed by atoms with E-state index in [4.69, 9.17) is 0 Å². The number of hydrogen-bond acceptors (Lipinski definition) is 0. The van der Waals surface area contributed by atoms with Gasteiger partial charge in [0, 0.05) is 12.8 Å². The first-order valence-corrected chi connectivity index (χ1v) is 10.2. The zero-order valence-electron chi connectivity index (χ0n) is 16.3. The van der Waals surface area contributed by atoms with Crippen LogP contribution in [-0.2, 0) is 7.05 Å². The largest absolute Gasteiger partial charge is 0.251 e. The van der Waals surface area contributed by atoms with Crippen LogP contribution in [0.5, 0.6) is 0 Å². The molecule has 1 atom stereocenters. The fourth-order valence-corrected chi connectivity index (χ4v) is 3.56. The van der Waals surface area contributed by atoms with E-state index in [1.165, 1.54) is 95.0 Å². The van der Waals surface area contributed by atoms with Crippen molar-refractivity contribution in [1.82, 2.24) is 4.98 Å². The molecule has 0 aliphatic rings. The van der Waals surface area contributed by atoms with E-state index in [1.807, 2.05) is 0 Å². The lowest BCUT2D eigenvalue weighted by atomic mass is 9.91. The molecule has 1 rings (SSSR count). The first-order chi connectivity index (χ1) is 11.2. The van der Waals surface area contributed by atoms with Gasteiger partial charge in [-0.05, 0) is 12.8 Å². The summed E-state index contributed by atoms with van der Waals surface area (Å²) in [5.74, 6) is 2.02. The molecule has 0 aliphatic heterocycles. The molecule has 134 valence electrons. The van der Waals surface area contributed by atoms with Crippen LogP contribution >= 0.6 is 0 Å². The third-order valence-corrected chi connectivity index (χ3v) is 5.30. The summed E-state index contributed by atoms with van der Waals surface area (Å²) in [5, 5.41) is 0. The number of imidazole rings is 1. The highest BCUT2D eigenvalue weighted by Crippen LogP contribution is 2.26. The Bertz CT molecular complexity index is 395. The summed E-state index contributed by atoms with van der Waals surface area (Å²) in [6, 6.07) is 0. The van der Waals surface area contributed by atoms with Crippen LogP contribution in [0.15, 0.2) is 6.20 Å². The van der Waals surface area contributed by atoms with Crippen molar-refractivity contribution in [3.8, 4) is 0 Å². The minimum absolute atomic E-state index is 0.748. The van der Waals surface area contributed by atoms with Crippen LogP contribution < -0.4 is 4.57 Å². The Balaban J connectivity index is 2.37. The Labute approximate surface area is 145 Å². The van der Waals surface area contributed by atoms with Crippen molar-refractivity contribution in [1.29, 1.82) is 0 Å². The number of rotatable bonds is 14. The van der Waals surface area contributed by atoms with Crippen LogP contribution in [0.2, 0.25) is 0 Å². The smallest absolute Gasteiger partial charge is 0.248 e. The maximum Gasteiger partial charge on any atom is 0.251 e. The lowest BCUT2D eigenvalue weighted by molar-refractivity contribution is -0.685. The first kappa shape index (κ1) is 20.3. The number of aromatic nitrogens is 2. The minimum Gasteiger partial charge on any atom is -0.248 e. The van der Waals surface area contributed by atoms with Gasteiger partial charge in [0.2, 0.25) is 0 Å². The van der Waals surface area contributed by atoms with Gasteiger partial charge in [-0.25, -0.2) is 9.55 Å². The number of unbranched alkanes of at least 4 members (excludes halogenated alkanes) is 9. The number of H-pyrrole nitrogens is 1. The molecule has 1 aromatic heterocycles. The second-order valence-electron chi connectivity index (χ2n) is 7.31. The Morgan fingerprint density at radius 2 is 1.30 bits per heavy atom. The van der Waals surface area contributed by atoms with Gasteiger partial charge in [-0.15, -0.1) is 0 Å². The van der Waals surface area contributed by atoms with Gasteiger partial charge in [0.15, 0.2) is 0 Å². The van der Waals surface area contributed by atoms with Crippen LogP contribution in [0, 0.1) is 6.92 Å². The van der Waals surface area contributed by atoms with E-state index in [-0.39, 0.29) is 0 Å². The van der Waals surface area contributed by atoms with Gasteiger partial charge in [0.05, 0.1) is 7.05 Å².